The minimum atomic E-state index is 0.642. The second kappa shape index (κ2) is 25.0. The van der Waals surface area contributed by atoms with E-state index in [1.165, 1.54) is 174 Å². The Labute approximate surface area is 222 Å². The maximum atomic E-state index is 2.68. The van der Waals surface area contributed by atoms with Gasteiger partial charge in [0.1, 0.15) is 6.17 Å². The molecule has 0 radical (unpaired) electrons. The summed E-state index contributed by atoms with van der Waals surface area (Å²) < 4.78 is 0. The molecule has 1 aliphatic heterocycles. The third-order valence-corrected chi connectivity index (χ3v) is 8.07. The first kappa shape index (κ1) is 32.4. The van der Waals surface area contributed by atoms with Crippen LogP contribution in [0.25, 0.3) is 0 Å². The normalized spacial score (nSPS) is 15.6. The van der Waals surface area contributed by atoms with Crippen molar-refractivity contribution in [3.63, 3.8) is 0 Å². The number of rotatable bonds is 27. The molecule has 0 fully saturated rings. The fourth-order valence-corrected chi connectivity index (χ4v) is 5.63. The summed E-state index contributed by atoms with van der Waals surface area (Å²) >= 11 is 0. The van der Waals surface area contributed by atoms with Gasteiger partial charge in [0, 0.05) is 25.5 Å². The molecule has 0 N–H and O–H groups in total. The van der Waals surface area contributed by atoms with Gasteiger partial charge < -0.3 is 9.80 Å². The highest BCUT2D eigenvalue weighted by Gasteiger charge is 2.24. The molecule has 0 aromatic carbocycles. The van der Waals surface area contributed by atoms with Gasteiger partial charge in [-0.3, -0.25) is 0 Å². The summed E-state index contributed by atoms with van der Waals surface area (Å²) in [5.74, 6) is 0. The maximum absolute atomic E-state index is 2.68. The van der Waals surface area contributed by atoms with Crippen molar-refractivity contribution in [1.29, 1.82) is 0 Å². The molecule has 1 heterocycles. The standard InChI is InChI=1S/C33H66N2/c1-4-7-10-12-14-16-18-19-21-23-25-27-30-35-32-31-34(29-9-6-3)33(35)28-26-24-22-20-17-15-13-11-8-5-2/h31-33H,4-30H2,1-3H3. The summed E-state index contributed by atoms with van der Waals surface area (Å²) in [6.45, 7) is 9.44. The number of hydrogen-bond acceptors (Lipinski definition) is 2. The lowest BCUT2D eigenvalue weighted by molar-refractivity contribution is 0.136. The van der Waals surface area contributed by atoms with Crippen LogP contribution in [0.4, 0.5) is 0 Å². The Morgan fingerprint density at radius 3 is 1.09 bits per heavy atom. The lowest BCUT2D eigenvalue weighted by Crippen LogP contribution is -2.39. The van der Waals surface area contributed by atoms with Crippen molar-refractivity contribution < 1.29 is 0 Å². The van der Waals surface area contributed by atoms with Crippen molar-refractivity contribution in [2.45, 2.75) is 187 Å². The highest BCUT2D eigenvalue weighted by molar-refractivity contribution is 4.96. The van der Waals surface area contributed by atoms with E-state index in [4.69, 9.17) is 0 Å². The van der Waals surface area contributed by atoms with E-state index < -0.39 is 0 Å². The molecule has 0 amide bonds. The zero-order valence-electron chi connectivity index (χ0n) is 24.7. The van der Waals surface area contributed by atoms with Crippen LogP contribution in [0.15, 0.2) is 12.4 Å². The molecule has 0 saturated heterocycles. The van der Waals surface area contributed by atoms with Gasteiger partial charge in [-0.1, -0.05) is 156 Å². The minimum absolute atomic E-state index is 0.642. The molecule has 0 saturated carbocycles. The molecule has 208 valence electrons. The fraction of sp³-hybridized carbons (Fsp3) is 0.939. The van der Waals surface area contributed by atoms with Gasteiger partial charge >= 0.3 is 0 Å². The Bertz CT molecular complexity index is 446. The predicted molar refractivity (Wildman–Crippen MR) is 159 cm³/mol. The fourth-order valence-electron chi connectivity index (χ4n) is 5.63. The van der Waals surface area contributed by atoms with E-state index in [0.29, 0.717) is 6.17 Å². The monoisotopic (exact) mass is 491 g/mol. The van der Waals surface area contributed by atoms with E-state index in [1.54, 1.807) is 0 Å². The summed E-state index contributed by atoms with van der Waals surface area (Å²) in [6, 6.07) is 0. The topological polar surface area (TPSA) is 6.48 Å². The van der Waals surface area contributed by atoms with Crippen molar-refractivity contribution in [3.8, 4) is 0 Å². The van der Waals surface area contributed by atoms with Crippen LogP contribution in [0.3, 0.4) is 0 Å². The van der Waals surface area contributed by atoms with Crippen molar-refractivity contribution in [2.75, 3.05) is 13.1 Å². The van der Waals surface area contributed by atoms with Gasteiger partial charge in [0.15, 0.2) is 0 Å². The van der Waals surface area contributed by atoms with Gasteiger partial charge in [-0.2, -0.15) is 0 Å². The Morgan fingerprint density at radius 2 is 0.686 bits per heavy atom. The van der Waals surface area contributed by atoms with E-state index in [9.17, 15) is 0 Å². The van der Waals surface area contributed by atoms with Crippen molar-refractivity contribution >= 4 is 0 Å². The molecule has 1 rings (SSSR count). The van der Waals surface area contributed by atoms with Crippen molar-refractivity contribution in [2.24, 2.45) is 0 Å². The first-order chi connectivity index (χ1) is 17.3. The van der Waals surface area contributed by atoms with Gasteiger partial charge in [-0.05, 0) is 25.7 Å². The second-order valence-corrected chi connectivity index (χ2v) is 11.5. The molecule has 1 unspecified atom stereocenters. The van der Waals surface area contributed by atoms with Gasteiger partial charge in [0.25, 0.3) is 0 Å². The summed E-state index contributed by atoms with van der Waals surface area (Å²) in [4.78, 5) is 5.33. The van der Waals surface area contributed by atoms with E-state index in [-0.39, 0.29) is 0 Å². The minimum Gasteiger partial charge on any atom is -0.356 e. The lowest BCUT2D eigenvalue weighted by Gasteiger charge is -2.33. The largest absolute Gasteiger partial charge is 0.356 e. The number of nitrogens with zero attached hydrogens (tertiary/aromatic N) is 2. The van der Waals surface area contributed by atoms with Crippen LogP contribution in [-0.4, -0.2) is 29.1 Å². The van der Waals surface area contributed by atoms with Crippen LogP contribution in [-0.2, 0) is 0 Å². The lowest BCUT2D eigenvalue weighted by atomic mass is 10.0. The van der Waals surface area contributed by atoms with Gasteiger partial charge in [0.2, 0.25) is 0 Å². The van der Waals surface area contributed by atoms with Crippen LogP contribution in [0, 0.1) is 0 Å². The molecule has 1 aliphatic rings. The third-order valence-electron chi connectivity index (χ3n) is 8.07. The van der Waals surface area contributed by atoms with Crippen LogP contribution >= 0.6 is 0 Å². The SMILES string of the molecule is CCCCCCCCCCCCCCN1C=CN(CCCC)C1CCCCCCCCCCCC. The number of hydrogen-bond donors (Lipinski definition) is 0. The quantitative estimate of drug-likeness (QED) is 0.106. The zero-order valence-corrected chi connectivity index (χ0v) is 24.7. The van der Waals surface area contributed by atoms with E-state index in [1.807, 2.05) is 0 Å². The van der Waals surface area contributed by atoms with Crippen LogP contribution in [0.5, 0.6) is 0 Å². The predicted octanol–water partition coefficient (Wildman–Crippen LogP) is 11.2. The average molecular weight is 491 g/mol. The smallest absolute Gasteiger partial charge is 0.101 e. The summed E-state index contributed by atoms with van der Waals surface area (Å²) in [5.41, 5.74) is 0. The molecule has 0 bridgehead atoms. The molecule has 1 atom stereocenters. The van der Waals surface area contributed by atoms with Crippen LogP contribution in [0.2, 0.25) is 0 Å². The van der Waals surface area contributed by atoms with Gasteiger partial charge in [-0.25, -0.2) is 0 Å². The molecule has 0 aromatic heterocycles. The molecule has 0 aromatic rings. The van der Waals surface area contributed by atoms with Crippen LogP contribution in [0.1, 0.15) is 181 Å². The van der Waals surface area contributed by atoms with Crippen molar-refractivity contribution in [1.82, 2.24) is 9.80 Å². The maximum Gasteiger partial charge on any atom is 0.101 e. The molecule has 2 nitrogen and oxygen atoms in total. The molecule has 0 spiro atoms. The summed E-state index contributed by atoms with van der Waals surface area (Å²) in [6.07, 6.45) is 41.1. The third kappa shape index (κ3) is 18.3. The van der Waals surface area contributed by atoms with Gasteiger partial charge in [0.05, 0.1) is 0 Å². The summed E-state index contributed by atoms with van der Waals surface area (Å²) in [7, 11) is 0. The van der Waals surface area contributed by atoms with E-state index in [2.05, 4.69) is 43.0 Å². The molecule has 35 heavy (non-hydrogen) atoms. The van der Waals surface area contributed by atoms with Crippen LogP contribution < -0.4 is 0 Å². The summed E-state index contributed by atoms with van der Waals surface area (Å²) in [5, 5.41) is 0. The molecular weight excluding hydrogens is 424 g/mol. The molecule has 0 aliphatic carbocycles. The Morgan fingerprint density at radius 1 is 0.371 bits per heavy atom. The first-order valence-corrected chi connectivity index (χ1v) is 16.5. The first-order valence-electron chi connectivity index (χ1n) is 16.5. The highest BCUT2D eigenvalue weighted by atomic mass is 15.4. The molecule has 2 heteroatoms. The number of unbranched alkanes of at least 4 members (excludes halogenated alkanes) is 21. The van der Waals surface area contributed by atoms with Crippen molar-refractivity contribution in [3.05, 3.63) is 12.4 Å². The highest BCUT2D eigenvalue weighted by Crippen LogP contribution is 2.23. The van der Waals surface area contributed by atoms with E-state index >= 15 is 0 Å². The average Bonchev–Trinajstić information content (AvgIpc) is 3.25. The zero-order chi connectivity index (χ0) is 25.2. The second-order valence-electron chi connectivity index (χ2n) is 11.5. The molecular formula is C33H66N2. The Hall–Kier alpha value is -0.660. The Balaban J connectivity index is 2.10. The Kier molecular flexibility index (Phi) is 23.1. The van der Waals surface area contributed by atoms with Gasteiger partial charge in [-0.15, -0.1) is 0 Å². The van der Waals surface area contributed by atoms with E-state index in [0.717, 1.165) is 0 Å².